The van der Waals surface area contributed by atoms with Gasteiger partial charge in [0.15, 0.2) is 0 Å². The number of thioether (sulfide) groups is 1. The summed E-state index contributed by atoms with van der Waals surface area (Å²) in [5.74, 6) is -0.219. The van der Waals surface area contributed by atoms with Crippen molar-refractivity contribution < 1.29 is 23.6 Å². The standard InChI is InChI=1S/C24H17FN2O5S/c25-21-4-2-1-3-18(21)15-32-20-11-7-16(8-12-20)13-22-23(28)26(24(29)33-22)14-17-5-9-19(10-6-17)27(30)31/h1-13H,14-15H2/b22-13+. The number of nitro groups is 1. The van der Waals surface area contributed by atoms with Gasteiger partial charge in [-0.05, 0) is 47.2 Å². The molecule has 0 radical (unpaired) electrons. The summed E-state index contributed by atoms with van der Waals surface area (Å²) >= 11 is 0.835. The maximum Gasteiger partial charge on any atom is 0.293 e. The number of halogens is 1. The van der Waals surface area contributed by atoms with Crippen LogP contribution in [0.3, 0.4) is 0 Å². The minimum Gasteiger partial charge on any atom is -0.489 e. The predicted molar refractivity (Wildman–Crippen MR) is 122 cm³/mol. The van der Waals surface area contributed by atoms with Gasteiger partial charge in [0.05, 0.1) is 16.4 Å². The van der Waals surface area contributed by atoms with E-state index in [0.29, 0.717) is 22.4 Å². The van der Waals surface area contributed by atoms with Crippen LogP contribution in [0, 0.1) is 15.9 Å². The molecule has 4 rings (SSSR count). The van der Waals surface area contributed by atoms with Crippen molar-refractivity contribution in [1.29, 1.82) is 0 Å². The van der Waals surface area contributed by atoms with Crippen molar-refractivity contribution in [3.8, 4) is 5.75 Å². The third-order valence-electron chi connectivity index (χ3n) is 4.89. The summed E-state index contributed by atoms with van der Waals surface area (Å²) in [6.07, 6.45) is 1.61. The van der Waals surface area contributed by atoms with Crippen molar-refractivity contribution in [2.75, 3.05) is 0 Å². The predicted octanol–water partition coefficient (Wildman–Crippen LogP) is 5.55. The van der Waals surface area contributed by atoms with E-state index >= 15 is 0 Å². The average Bonchev–Trinajstić information content (AvgIpc) is 3.07. The zero-order chi connectivity index (χ0) is 23.4. The first-order chi connectivity index (χ1) is 15.9. The Balaban J connectivity index is 1.40. The highest BCUT2D eigenvalue weighted by Gasteiger charge is 2.35. The fraction of sp³-hybridized carbons (Fsp3) is 0.0833. The molecule has 1 saturated heterocycles. The van der Waals surface area contributed by atoms with Crippen LogP contribution in [0.2, 0.25) is 0 Å². The summed E-state index contributed by atoms with van der Waals surface area (Å²) in [4.78, 5) is 36.7. The molecule has 0 aromatic heterocycles. The lowest BCUT2D eigenvalue weighted by molar-refractivity contribution is -0.384. The number of nitrogens with zero attached hydrogens (tertiary/aromatic N) is 2. The van der Waals surface area contributed by atoms with E-state index in [-0.39, 0.29) is 29.6 Å². The molecule has 33 heavy (non-hydrogen) atoms. The van der Waals surface area contributed by atoms with Gasteiger partial charge in [0.1, 0.15) is 18.2 Å². The molecule has 3 aromatic rings. The second kappa shape index (κ2) is 9.66. The van der Waals surface area contributed by atoms with Gasteiger partial charge in [0.25, 0.3) is 16.8 Å². The molecule has 0 saturated carbocycles. The normalized spacial score (nSPS) is 14.7. The molecule has 1 aliphatic rings. The van der Waals surface area contributed by atoms with Crippen molar-refractivity contribution in [3.05, 3.63) is 110 Å². The lowest BCUT2D eigenvalue weighted by Gasteiger charge is -2.12. The Kier molecular flexibility index (Phi) is 6.50. The molecule has 0 unspecified atom stereocenters. The minimum atomic E-state index is -0.511. The van der Waals surface area contributed by atoms with Crippen molar-refractivity contribution >= 4 is 34.7 Å². The summed E-state index contributed by atoms with van der Waals surface area (Å²) in [5.41, 5.74) is 1.70. The molecule has 166 valence electrons. The lowest BCUT2D eigenvalue weighted by atomic mass is 10.2. The second-order valence-electron chi connectivity index (χ2n) is 7.14. The summed E-state index contributed by atoms with van der Waals surface area (Å²) in [7, 11) is 0. The summed E-state index contributed by atoms with van der Waals surface area (Å²) < 4.78 is 19.3. The largest absolute Gasteiger partial charge is 0.489 e. The smallest absolute Gasteiger partial charge is 0.293 e. The molecule has 1 aliphatic heterocycles. The second-order valence-corrected chi connectivity index (χ2v) is 8.13. The van der Waals surface area contributed by atoms with Crippen LogP contribution in [0.15, 0.2) is 77.7 Å². The monoisotopic (exact) mass is 464 g/mol. The highest BCUT2D eigenvalue weighted by Crippen LogP contribution is 2.33. The number of amides is 2. The molecule has 1 heterocycles. The SMILES string of the molecule is O=C1S/C(=C/c2ccc(OCc3ccccc3F)cc2)C(=O)N1Cc1ccc([N+](=O)[O-])cc1. The highest BCUT2D eigenvalue weighted by molar-refractivity contribution is 8.18. The van der Waals surface area contributed by atoms with Crippen LogP contribution in [0.1, 0.15) is 16.7 Å². The van der Waals surface area contributed by atoms with E-state index in [4.69, 9.17) is 4.74 Å². The van der Waals surface area contributed by atoms with Gasteiger partial charge < -0.3 is 4.74 Å². The van der Waals surface area contributed by atoms with Gasteiger partial charge in [-0.25, -0.2) is 4.39 Å². The molecule has 0 bridgehead atoms. The molecule has 7 nitrogen and oxygen atoms in total. The molecule has 2 amide bonds. The molecule has 0 atom stereocenters. The third-order valence-corrected chi connectivity index (χ3v) is 5.80. The molecule has 1 fully saturated rings. The zero-order valence-corrected chi connectivity index (χ0v) is 18.0. The number of ether oxygens (including phenoxy) is 1. The fourth-order valence-electron chi connectivity index (χ4n) is 3.13. The van der Waals surface area contributed by atoms with E-state index in [1.807, 2.05) is 0 Å². The van der Waals surface area contributed by atoms with Gasteiger partial charge in [-0.2, -0.15) is 0 Å². The Morgan fingerprint density at radius 2 is 1.70 bits per heavy atom. The van der Waals surface area contributed by atoms with E-state index in [9.17, 15) is 24.1 Å². The number of non-ortho nitro benzene ring substituents is 1. The number of rotatable bonds is 7. The molecular formula is C24H17FN2O5S. The van der Waals surface area contributed by atoms with E-state index in [0.717, 1.165) is 16.7 Å². The molecule has 0 N–H and O–H groups in total. The highest BCUT2D eigenvalue weighted by atomic mass is 32.2. The third kappa shape index (κ3) is 5.27. The average molecular weight is 464 g/mol. The van der Waals surface area contributed by atoms with Gasteiger partial charge >= 0.3 is 0 Å². The van der Waals surface area contributed by atoms with Gasteiger partial charge in [-0.3, -0.25) is 24.6 Å². The first-order valence-corrected chi connectivity index (χ1v) is 10.7. The van der Waals surface area contributed by atoms with Crippen molar-refractivity contribution in [2.24, 2.45) is 0 Å². The molecule has 9 heteroatoms. The van der Waals surface area contributed by atoms with Crippen molar-refractivity contribution in [3.63, 3.8) is 0 Å². The number of hydrogen-bond donors (Lipinski definition) is 0. The number of carbonyl (C=O) groups excluding carboxylic acids is 2. The Hall–Kier alpha value is -3.98. The Morgan fingerprint density at radius 3 is 2.36 bits per heavy atom. The van der Waals surface area contributed by atoms with Crippen LogP contribution in [0.5, 0.6) is 5.75 Å². The Morgan fingerprint density at radius 1 is 1.00 bits per heavy atom. The number of carbonyl (C=O) groups is 2. The Labute approximate surface area is 192 Å². The van der Waals surface area contributed by atoms with Crippen LogP contribution in [0.25, 0.3) is 6.08 Å². The molecular weight excluding hydrogens is 447 g/mol. The fourth-order valence-corrected chi connectivity index (χ4v) is 3.97. The van der Waals surface area contributed by atoms with E-state index in [2.05, 4.69) is 0 Å². The molecule has 3 aromatic carbocycles. The van der Waals surface area contributed by atoms with E-state index in [1.54, 1.807) is 48.5 Å². The molecule has 0 aliphatic carbocycles. The number of hydrogen-bond acceptors (Lipinski definition) is 6. The minimum absolute atomic E-state index is 0.0306. The van der Waals surface area contributed by atoms with Crippen molar-refractivity contribution in [2.45, 2.75) is 13.2 Å². The molecule has 0 spiro atoms. The van der Waals surface area contributed by atoms with Crippen LogP contribution < -0.4 is 4.74 Å². The van der Waals surface area contributed by atoms with Crippen molar-refractivity contribution in [1.82, 2.24) is 4.90 Å². The van der Waals surface area contributed by atoms with E-state index in [1.165, 1.54) is 30.3 Å². The summed E-state index contributed by atoms with van der Waals surface area (Å²) in [6, 6.07) is 19.0. The zero-order valence-electron chi connectivity index (χ0n) is 17.1. The van der Waals surface area contributed by atoms with Crippen LogP contribution in [-0.2, 0) is 17.9 Å². The van der Waals surface area contributed by atoms with Gasteiger partial charge in [0, 0.05) is 17.7 Å². The summed E-state index contributed by atoms with van der Waals surface area (Å²) in [5, 5.41) is 10.4. The van der Waals surface area contributed by atoms with E-state index < -0.39 is 16.1 Å². The van der Waals surface area contributed by atoms with Gasteiger partial charge in [0.2, 0.25) is 0 Å². The van der Waals surface area contributed by atoms with Crippen LogP contribution >= 0.6 is 11.8 Å². The number of nitro benzene ring substituents is 1. The topological polar surface area (TPSA) is 89.8 Å². The first-order valence-electron chi connectivity index (χ1n) is 9.86. The maximum absolute atomic E-state index is 13.7. The maximum atomic E-state index is 13.7. The lowest BCUT2D eigenvalue weighted by Crippen LogP contribution is -2.27. The number of imide groups is 1. The van der Waals surface area contributed by atoms with Gasteiger partial charge in [-0.15, -0.1) is 0 Å². The van der Waals surface area contributed by atoms with Crippen LogP contribution in [0.4, 0.5) is 14.9 Å². The summed E-state index contributed by atoms with van der Waals surface area (Å²) in [6.45, 7) is 0.121. The van der Waals surface area contributed by atoms with Crippen LogP contribution in [-0.4, -0.2) is 21.0 Å². The number of benzene rings is 3. The first kappa shape index (κ1) is 22.2. The quantitative estimate of drug-likeness (QED) is 0.259. The Bertz CT molecular complexity index is 1240. The van der Waals surface area contributed by atoms with Gasteiger partial charge in [-0.1, -0.05) is 42.5 Å².